The first-order chi connectivity index (χ1) is 9.62. The first-order valence-corrected chi connectivity index (χ1v) is 6.84. The molecule has 1 aromatic carbocycles. The van der Waals surface area contributed by atoms with E-state index in [1.54, 1.807) is 32.2 Å². The van der Waals surface area contributed by atoms with E-state index < -0.39 is 12.4 Å². The highest BCUT2D eigenvalue weighted by molar-refractivity contribution is 5.41. The molecule has 0 saturated heterocycles. The summed E-state index contributed by atoms with van der Waals surface area (Å²) in [7, 11) is 1.59. The first kappa shape index (κ1) is 16.8. The third kappa shape index (κ3) is 5.00. The Morgan fingerprint density at radius 3 is 2.30 bits per heavy atom. The van der Waals surface area contributed by atoms with E-state index in [0.29, 0.717) is 30.3 Å². The summed E-state index contributed by atoms with van der Waals surface area (Å²) >= 11 is 0. The highest BCUT2D eigenvalue weighted by Crippen LogP contribution is 2.29. The van der Waals surface area contributed by atoms with Gasteiger partial charge in [-0.05, 0) is 32.9 Å². The molecule has 20 heavy (non-hydrogen) atoms. The zero-order valence-electron chi connectivity index (χ0n) is 12.6. The molecule has 0 heterocycles. The van der Waals surface area contributed by atoms with Gasteiger partial charge in [-0.25, -0.2) is 0 Å². The first-order valence-electron chi connectivity index (χ1n) is 6.84. The number of hydrogen-bond acceptors (Lipinski definition) is 5. The summed E-state index contributed by atoms with van der Waals surface area (Å²) < 4.78 is 21.7. The van der Waals surface area contributed by atoms with Crippen LogP contribution >= 0.6 is 0 Å². The van der Waals surface area contributed by atoms with Crippen LogP contribution in [0.3, 0.4) is 0 Å². The molecule has 114 valence electrons. The molecule has 0 aromatic heterocycles. The van der Waals surface area contributed by atoms with Gasteiger partial charge in [-0.15, -0.1) is 0 Å². The van der Waals surface area contributed by atoms with Crippen molar-refractivity contribution >= 4 is 0 Å². The maximum absolute atomic E-state index is 9.76. The van der Waals surface area contributed by atoms with Crippen molar-refractivity contribution in [3.63, 3.8) is 0 Å². The lowest BCUT2D eigenvalue weighted by Gasteiger charge is -2.20. The van der Waals surface area contributed by atoms with E-state index in [0.717, 1.165) is 0 Å². The minimum absolute atomic E-state index is 0.258. The minimum Gasteiger partial charge on any atom is -0.497 e. The zero-order valence-corrected chi connectivity index (χ0v) is 12.6. The van der Waals surface area contributed by atoms with E-state index in [9.17, 15) is 5.11 Å². The van der Waals surface area contributed by atoms with E-state index in [2.05, 4.69) is 0 Å². The number of methoxy groups -OCH3 is 1. The van der Waals surface area contributed by atoms with Gasteiger partial charge in [0.15, 0.2) is 6.29 Å². The monoisotopic (exact) mass is 284 g/mol. The third-order valence-electron chi connectivity index (χ3n) is 2.75. The van der Waals surface area contributed by atoms with Crippen LogP contribution < -0.4 is 9.47 Å². The van der Waals surface area contributed by atoms with Gasteiger partial charge in [0.2, 0.25) is 0 Å². The van der Waals surface area contributed by atoms with Crippen LogP contribution in [0.2, 0.25) is 0 Å². The standard InChI is InChI=1S/C15H24O5/c1-5-18-15(19-6-2)10-20-14-9-12(17-4)7-8-13(14)11(3)16/h7-9,11,15-16H,5-6,10H2,1-4H3. The molecule has 5 nitrogen and oxygen atoms in total. The van der Waals surface area contributed by atoms with Crippen LogP contribution in [0.5, 0.6) is 11.5 Å². The molecule has 1 unspecified atom stereocenters. The fraction of sp³-hybridized carbons (Fsp3) is 0.600. The summed E-state index contributed by atoms with van der Waals surface area (Å²) in [6, 6.07) is 5.32. The molecule has 0 fully saturated rings. The molecule has 1 rings (SSSR count). The smallest absolute Gasteiger partial charge is 0.191 e. The van der Waals surface area contributed by atoms with Crippen molar-refractivity contribution < 1.29 is 24.1 Å². The lowest BCUT2D eigenvalue weighted by atomic mass is 10.1. The molecule has 1 aromatic rings. The highest BCUT2D eigenvalue weighted by Gasteiger charge is 2.14. The maximum Gasteiger partial charge on any atom is 0.191 e. The largest absolute Gasteiger partial charge is 0.497 e. The van der Waals surface area contributed by atoms with Crippen LogP contribution in [0.4, 0.5) is 0 Å². The maximum atomic E-state index is 9.76. The predicted molar refractivity (Wildman–Crippen MR) is 76.2 cm³/mol. The Bertz CT molecular complexity index is 386. The van der Waals surface area contributed by atoms with Gasteiger partial charge in [0.05, 0.1) is 13.2 Å². The van der Waals surface area contributed by atoms with Gasteiger partial charge in [-0.2, -0.15) is 0 Å². The quantitative estimate of drug-likeness (QED) is 0.706. The van der Waals surface area contributed by atoms with Crippen molar-refractivity contribution in [2.75, 3.05) is 26.9 Å². The Hall–Kier alpha value is -1.30. The Kier molecular flexibility index (Phi) is 7.36. The van der Waals surface area contributed by atoms with E-state index in [1.807, 2.05) is 13.8 Å². The third-order valence-corrected chi connectivity index (χ3v) is 2.75. The van der Waals surface area contributed by atoms with Crippen LogP contribution in [0, 0.1) is 0 Å². The lowest BCUT2D eigenvalue weighted by molar-refractivity contribution is -0.152. The second-order valence-electron chi connectivity index (χ2n) is 4.23. The van der Waals surface area contributed by atoms with Crippen molar-refractivity contribution in [2.24, 2.45) is 0 Å². The summed E-state index contributed by atoms with van der Waals surface area (Å²) in [5.41, 5.74) is 0.706. The Morgan fingerprint density at radius 1 is 1.15 bits per heavy atom. The fourth-order valence-electron chi connectivity index (χ4n) is 1.79. The molecule has 0 radical (unpaired) electrons. The topological polar surface area (TPSA) is 57.2 Å². The molecule has 0 bridgehead atoms. The van der Waals surface area contributed by atoms with Crippen molar-refractivity contribution in [3.8, 4) is 11.5 Å². The molecular formula is C15H24O5. The van der Waals surface area contributed by atoms with Crippen LogP contribution in [-0.4, -0.2) is 38.3 Å². The normalized spacial score (nSPS) is 12.5. The van der Waals surface area contributed by atoms with E-state index in [4.69, 9.17) is 18.9 Å². The number of ether oxygens (including phenoxy) is 4. The van der Waals surface area contributed by atoms with Gasteiger partial charge < -0.3 is 24.1 Å². The summed E-state index contributed by atoms with van der Waals surface area (Å²) in [6.45, 7) is 6.86. The molecule has 0 aliphatic carbocycles. The molecule has 1 atom stereocenters. The van der Waals surface area contributed by atoms with Crippen molar-refractivity contribution in [1.82, 2.24) is 0 Å². The highest BCUT2D eigenvalue weighted by atomic mass is 16.7. The van der Waals surface area contributed by atoms with Crippen LogP contribution in [0.25, 0.3) is 0 Å². The second kappa shape index (κ2) is 8.79. The van der Waals surface area contributed by atoms with Gasteiger partial charge in [-0.1, -0.05) is 0 Å². The number of hydrogen-bond donors (Lipinski definition) is 1. The number of aliphatic hydroxyl groups excluding tert-OH is 1. The van der Waals surface area contributed by atoms with E-state index in [1.165, 1.54) is 0 Å². The summed E-state index contributed by atoms with van der Waals surface area (Å²) in [6.07, 6.45) is -1.04. The second-order valence-corrected chi connectivity index (χ2v) is 4.23. The van der Waals surface area contributed by atoms with Gasteiger partial charge >= 0.3 is 0 Å². The average Bonchev–Trinajstić information content (AvgIpc) is 2.44. The van der Waals surface area contributed by atoms with Gasteiger partial charge in [-0.3, -0.25) is 0 Å². The van der Waals surface area contributed by atoms with Crippen LogP contribution in [0.1, 0.15) is 32.4 Å². The lowest BCUT2D eigenvalue weighted by Crippen LogP contribution is -2.25. The Labute approximate surface area is 120 Å². The Morgan fingerprint density at radius 2 is 1.80 bits per heavy atom. The van der Waals surface area contributed by atoms with Gasteiger partial charge in [0.1, 0.15) is 18.1 Å². The van der Waals surface area contributed by atoms with Crippen molar-refractivity contribution in [2.45, 2.75) is 33.2 Å². The van der Waals surface area contributed by atoms with E-state index in [-0.39, 0.29) is 6.61 Å². The molecule has 5 heteroatoms. The van der Waals surface area contributed by atoms with Gasteiger partial charge in [0.25, 0.3) is 0 Å². The number of aliphatic hydroxyl groups is 1. The molecule has 0 spiro atoms. The molecule has 0 aliphatic rings. The van der Waals surface area contributed by atoms with Gasteiger partial charge in [0, 0.05) is 24.8 Å². The van der Waals surface area contributed by atoms with E-state index >= 15 is 0 Å². The number of rotatable bonds is 9. The van der Waals surface area contributed by atoms with Crippen LogP contribution in [0.15, 0.2) is 18.2 Å². The molecule has 0 amide bonds. The minimum atomic E-state index is -0.617. The van der Waals surface area contributed by atoms with Crippen molar-refractivity contribution in [3.05, 3.63) is 23.8 Å². The SMILES string of the molecule is CCOC(COc1cc(OC)ccc1C(C)O)OCC. The predicted octanol–water partition coefficient (Wildman–Crippen LogP) is 2.53. The molecule has 0 saturated carbocycles. The Balaban J connectivity index is 2.77. The average molecular weight is 284 g/mol. The van der Waals surface area contributed by atoms with Crippen LogP contribution in [-0.2, 0) is 9.47 Å². The summed E-state index contributed by atoms with van der Waals surface area (Å²) in [5.74, 6) is 1.25. The molecule has 0 aliphatic heterocycles. The fourth-order valence-corrected chi connectivity index (χ4v) is 1.79. The summed E-state index contributed by atoms with van der Waals surface area (Å²) in [4.78, 5) is 0. The zero-order chi connectivity index (χ0) is 15.0. The molecule has 1 N–H and O–H groups in total. The van der Waals surface area contributed by atoms with Crippen molar-refractivity contribution in [1.29, 1.82) is 0 Å². The summed E-state index contributed by atoms with van der Waals surface area (Å²) in [5, 5.41) is 9.76. The molecular weight excluding hydrogens is 260 g/mol. The number of benzene rings is 1.